The summed E-state index contributed by atoms with van der Waals surface area (Å²) in [5.41, 5.74) is 3.10. The molecule has 3 N–H and O–H groups in total. The zero-order chi connectivity index (χ0) is 15.9. The number of halogens is 2. The highest BCUT2D eigenvalue weighted by molar-refractivity contribution is 14.1. The highest BCUT2D eigenvalue weighted by Gasteiger charge is 2.14. The number of phenolic OH excluding ortho intramolecular Hbond substituents is 1. The third kappa shape index (κ3) is 5.63. The number of nitrogens with one attached hydrogen (secondary N) is 2. The number of hydrogen-bond donors (Lipinski definition) is 3. The van der Waals surface area contributed by atoms with E-state index in [4.69, 9.17) is 4.74 Å². The first-order chi connectivity index (χ1) is 10.6. The lowest BCUT2D eigenvalue weighted by atomic mass is 10.2. The van der Waals surface area contributed by atoms with Crippen LogP contribution in [0.4, 0.5) is 0 Å². The lowest BCUT2D eigenvalue weighted by Gasteiger charge is -2.23. The van der Waals surface area contributed by atoms with Crippen LogP contribution in [0.3, 0.4) is 0 Å². The fourth-order valence-electron chi connectivity index (χ4n) is 2.11. The fourth-order valence-corrected chi connectivity index (χ4v) is 4.00. The van der Waals surface area contributed by atoms with Crippen molar-refractivity contribution in [3.05, 3.63) is 24.8 Å². The highest BCUT2D eigenvalue weighted by Crippen LogP contribution is 2.25. The van der Waals surface area contributed by atoms with E-state index in [0.717, 1.165) is 40.0 Å². The normalized spacial score (nSPS) is 16.1. The Bertz CT molecular complexity index is 561. The molecule has 1 saturated heterocycles. The Kier molecular flexibility index (Phi) is 7.31. The summed E-state index contributed by atoms with van der Waals surface area (Å²) in [6, 6.07) is 3.68. The van der Waals surface area contributed by atoms with Crippen molar-refractivity contribution < 1.29 is 19.5 Å². The van der Waals surface area contributed by atoms with Crippen LogP contribution >= 0.6 is 45.2 Å². The standard InChI is InChI=1S/C14H17I2N3O3/c15-11-7-10(14(21)12(16)8-11)9-17-18-13(20)1-2-19-3-5-22-6-4-19/h7-9,21H,1-6H2,(H,18,20)/p+1/b17-9+. The Labute approximate surface area is 156 Å². The number of hydrogen-bond acceptors (Lipinski definition) is 4. The second-order valence-corrected chi connectivity index (χ2v) is 7.39. The highest BCUT2D eigenvalue weighted by atomic mass is 127. The van der Waals surface area contributed by atoms with Gasteiger partial charge in [0.15, 0.2) is 0 Å². The van der Waals surface area contributed by atoms with E-state index in [9.17, 15) is 9.90 Å². The van der Waals surface area contributed by atoms with Gasteiger partial charge in [0.25, 0.3) is 0 Å². The van der Waals surface area contributed by atoms with Crippen LogP contribution in [0.15, 0.2) is 17.2 Å². The summed E-state index contributed by atoms with van der Waals surface area (Å²) in [5.74, 6) is 0.0619. The SMILES string of the molecule is O=C(CC[NH+]1CCOCC1)N/N=C/c1cc(I)cc(I)c1O. The molecule has 1 aromatic carbocycles. The molecule has 1 aliphatic rings. The molecule has 1 amide bonds. The third-order valence-corrected chi connectivity index (χ3v) is 4.80. The van der Waals surface area contributed by atoms with Crippen LogP contribution in [0.25, 0.3) is 0 Å². The van der Waals surface area contributed by atoms with E-state index >= 15 is 0 Å². The molecule has 1 aromatic rings. The molecule has 8 heteroatoms. The molecule has 2 rings (SSSR count). The van der Waals surface area contributed by atoms with E-state index in [0.29, 0.717) is 12.0 Å². The summed E-state index contributed by atoms with van der Waals surface area (Å²) in [5, 5.41) is 13.9. The van der Waals surface area contributed by atoms with Crippen LogP contribution < -0.4 is 10.3 Å². The van der Waals surface area contributed by atoms with E-state index < -0.39 is 0 Å². The Hall–Kier alpha value is -0.460. The van der Waals surface area contributed by atoms with Gasteiger partial charge in [0.2, 0.25) is 5.91 Å². The average molecular weight is 530 g/mol. The number of ether oxygens (including phenoxy) is 1. The molecule has 0 atom stereocenters. The second kappa shape index (κ2) is 8.99. The van der Waals surface area contributed by atoms with Crippen LogP contribution in [-0.2, 0) is 9.53 Å². The van der Waals surface area contributed by atoms with Gasteiger partial charge in [-0.2, -0.15) is 5.10 Å². The van der Waals surface area contributed by atoms with Crippen molar-refractivity contribution in [1.29, 1.82) is 0 Å². The van der Waals surface area contributed by atoms with Gasteiger partial charge in [-0.15, -0.1) is 0 Å². The molecule has 22 heavy (non-hydrogen) atoms. The van der Waals surface area contributed by atoms with Crippen molar-refractivity contribution in [2.75, 3.05) is 32.8 Å². The van der Waals surface area contributed by atoms with Crippen LogP contribution in [0.5, 0.6) is 5.75 Å². The number of nitrogens with zero attached hydrogens (tertiary/aromatic N) is 1. The summed E-state index contributed by atoms with van der Waals surface area (Å²) < 4.78 is 7.04. The van der Waals surface area contributed by atoms with Gasteiger partial charge in [-0.1, -0.05) is 0 Å². The lowest BCUT2D eigenvalue weighted by molar-refractivity contribution is -0.907. The molecule has 0 radical (unpaired) electrons. The van der Waals surface area contributed by atoms with Crippen LogP contribution in [-0.4, -0.2) is 50.1 Å². The van der Waals surface area contributed by atoms with Crippen molar-refractivity contribution in [1.82, 2.24) is 5.43 Å². The first-order valence-electron chi connectivity index (χ1n) is 6.97. The number of carbonyl (C=O) groups excluding carboxylic acids is 1. The molecule has 0 saturated carbocycles. The van der Waals surface area contributed by atoms with Crippen molar-refractivity contribution in [3.8, 4) is 5.75 Å². The molecule has 1 fully saturated rings. The number of aromatic hydroxyl groups is 1. The Morgan fingerprint density at radius 3 is 2.86 bits per heavy atom. The van der Waals surface area contributed by atoms with Crippen LogP contribution in [0, 0.1) is 7.14 Å². The molecule has 0 spiro atoms. The van der Waals surface area contributed by atoms with E-state index in [2.05, 4.69) is 55.7 Å². The molecule has 0 aliphatic carbocycles. The summed E-state index contributed by atoms with van der Waals surface area (Å²) in [7, 11) is 0. The monoisotopic (exact) mass is 530 g/mol. The van der Waals surface area contributed by atoms with Gasteiger partial charge in [-0.3, -0.25) is 4.79 Å². The molecule has 120 valence electrons. The Morgan fingerprint density at radius 1 is 1.41 bits per heavy atom. The minimum atomic E-state index is -0.116. The molecular formula is C14H18I2N3O3+. The number of benzene rings is 1. The first kappa shape index (κ1) is 17.9. The number of carbonyl (C=O) groups is 1. The van der Waals surface area contributed by atoms with Gasteiger partial charge in [0, 0.05) is 9.13 Å². The predicted molar refractivity (Wildman–Crippen MR) is 100 cm³/mol. The number of morpholine rings is 1. The molecular weight excluding hydrogens is 512 g/mol. The Morgan fingerprint density at radius 2 is 2.14 bits per heavy atom. The topological polar surface area (TPSA) is 75.4 Å². The number of amides is 1. The van der Waals surface area contributed by atoms with Crippen LogP contribution in [0.2, 0.25) is 0 Å². The summed E-state index contributed by atoms with van der Waals surface area (Å²) in [4.78, 5) is 13.1. The van der Waals surface area contributed by atoms with Gasteiger partial charge in [-0.05, 0) is 57.3 Å². The molecule has 0 bridgehead atoms. The van der Waals surface area contributed by atoms with E-state index in [1.807, 2.05) is 12.1 Å². The second-order valence-electron chi connectivity index (χ2n) is 4.98. The van der Waals surface area contributed by atoms with Gasteiger partial charge < -0.3 is 14.7 Å². The Balaban J connectivity index is 1.80. The largest absolute Gasteiger partial charge is 0.506 e. The van der Waals surface area contributed by atoms with Crippen molar-refractivity contribution in [2.45, 2.75) is 6.42 Å². The maximum atomic E-state index is 11.8. The van der Waals surface area contributed by atoms with Gasteiger partial charge in [0.05, 0.1) is 36.0 Å². The predicted octanol–water partition coefficient (Wildman–Crippen LogP) is 0.357. The minimum absolute atomic E-state index is 0.116. The van der Waals surface area contributed by atoms with E-state index in [-0.39, 0.29) is 11.7 Å². The maximum absolute atomic E-state index is 11.8. The molecule has 0 unspecified atom stereocenters. The van der Waals surface area contributed by atoms with Crippen molar-refractivity contribution >= 4 is 57.3 Å². The fraction of sp³-hybridized carbons (Fsp3) is 0.429. The van der Waals surface area contributed by atoms with Gasteiger partial charge in [-0.25, -0.2) is 5.43 Å². The zero-order valence-electron chi connectivity index (χ0n) is 11.9. The molecule has 1 aliphatic heterocycles. The molecule has 1 heterocycles. The minimum Gasteiger partial charge on any atom is -0.506 e. The summed E-state index contributed by atoms with van der Waals surface area (Å²) in [6.07, 6.45) is 1.90. The smallest absolute Gasteiger partial charge is 0.245 e. The van der Waals surface area contributed by atoms with Gasteiger partial charge >= 0.3 is 0 Å². The van der Waals surface area contributed by atoms with E-state index in [1.165, 1.54) is 11.1 Å². The lowest BCUT2D eigenvalue weighted by Crippen LogP contribution is -3.14. The van der Waals surface area contributed by atoms with E-state index in [1.54, 1.807) is 0 Å². The quantitative estimate of drug-likeness (QED) is 0.293. The first-order valence-corrected chi connectivity index (χ1v) is 9.13. The zero-order valence-corrected chi connectivity index (χ0v) is 16.3. The average Bonchev–Trinajstić information content (AvgIpc) is 2.51. The number of quaternary nitrogens is 1. The number of hydrazone groups is 1. The maximum Gasteiger partial charge on any atom is 0.245 e. The van der Waals surface area contributed by atoms with Crippen molar-refractivity contribution in [2.24, 2.45) is 5.10 Å². The molecule has 0 aromatic heterocycles. The third-order valence-electron chi connectivity index (χ3n) is 3.36. The van der Waals surface area contributed by atoms with Gasteiger partial charge in [0.1, 0.15) is 18.8 Å². The number of rotatable bonds is 5. The molecule has 6 nitrogen and oxygen atoms in total. The number of phenols is 1. The van der Waals surface area contributed by atoms with Crippen LogP contribution in [0.1, 0.15) is 12.0 Å². The summed E-state index contributed by atoms with van der Waals surface area (Å²) >= 11 is 4.23. The summed E-state index contributed by atoms with van der Waals surface area (Å²) in [6.45, 7) is 4.22. The van der Waals surface area contributed by atoms with Crippen molar-refractivity contribution in [3.63, 3.8) is 0 Å².